The fourth-order valence-electron chi connectivity index (χ4n) is 3.52. The molecule has 0 fully saturated rings. The standard InChI is InChI=1S/C20H16Cl2N4O2S/c1-3-15(27)25-14-10-5-4-7-11(14)17-18(28)23-20(29-2)24-26(17)19(25)16-12(21)8-6-9-13(16)22/h4-10,19H,3H2,1-2H3/p+1/t19-/m1/s1. The molecule has 1 aliphatic heterocycles. The summed E-state index contributed by atoms with van der Waals surface area (Å²) in [5, 5.41) is 5.82. The van der Waals surface area contributed by atoms with E-state index < -0.39 is 6.17 Å². The van der Waals surface area contributed by atoms with E-state index in [1.54, 1.807) is 40.8 Å². The Morgan fingerprint density at radius 1 is 1.21 bits per heavy atom. The van der Waals surface area contributed by atoms with Crippen LogP contribution in [0.3, 0.4) is 0 Å². The van der Waals surface area contributed by atoms with E-state index in [-0.39, 0.29) is 17.9 Å². The number of aromatic nitrogens is 3. The number of para-hydroxylation sites is 1. The monoisotopic (exact) mass is 447 g/mol. The van der Waals surface area contributed by atoms with Crippen LogP contribution in [0.2, 0.25) is 10.0 Å². The third kappa shape index (κ3) is 3.23. The molecule has 0 aliphatic carbocycles. The van der Waals surface area contributed by atoms with E-state index in [1.807, 2.05) is 24.5 Å². The van der Waals surface area contributed by atoms with Crippen molar-refractivity contribution in [3.05, 3.63) is 68.4 Å². The first kappa shape index (κ1) is 19.9. The van der Waals surface area contributed by atoms with Crippen molar-refractivity contribution in [2.45, 2.75) is 24.7 Å². The van der Waals surface area contributed by atoms with Crippen molar-refractivity contribution in [1.29, 1.82) is 0 Å². The second-order valence-electron chi connectivity index (χ2n) is 6.40. The Morgan fingerprint density at radius 3 is 2.55 bits per heavy atom. The number of thioether (sulfide) groups is 1. The van der Waals surface area contributed by atoms with Crippen LogP contribution in [0.4, 0.5) is 5.69 Å². The summed E-state index contributed by atoms with van der Waals surface area (Å²) < 4.78 is 1.55. The molecular formula is C20H17Cl2N4O2S+. The zero-order valence-corrected chi connectivity index (χ0v) is 18.0. The number of H-pyrrole nitrogens is 1. The van der Waals surface area contributed by atoms with Gasteiger partial charge in [-0.3, -0.25) is 14.6 Å². The normalized spacial score (nSPS) is 15.0. The van der Waals surface area contributed by atoms with Crippen LogP contribution in [0, 0.1) is 0 Å². The Morgan fingerprint density at radius 2 is 1.90 bits per heavy atom. The van der Waals surface area contributed by atoms with E-state index in [0.717, 1.165) is 0 Å². The van der Waals surface area contributed by atoms with Crippen LogP contribution in [0.5, 0.6) is 0 Å². The molecule has 2 aromatic carbocycles. The van der Waals surface area contributed by atoms with Gasteiger partial charge < -0.3 is 0 Å². The quantitative estimate of drug-likeness (QED) is 0.485. The Kier molecular flexibility index (Phi) is 5.38. The number of amides is 1. The van der Waals surface area contributed by atoms with Crippen molar-refractivity contribution in [2.75, 3.05) is 11.2 Å². The molecule has 0 saturated heterocycles. The topological polar surface area (TPSA) is 69.9 Å². The van der Waals surface area contributed by atoms with Gasteiger partial charge in [0.25, 0.3) is 6.17 Å². The molecule has 1 N–H and O–H groups in total. The average Bonchev–Trinajstić information content (AvgIpc) is 2.72. The molecule has 2 heterocycles. The minimum atomic E-state index is -0.790. The first-order valence-electron chi connectivity index (χ1n) is 8.93. The third-order valence-corrected chi connectivity index (χ3v) is 6.01. The molecule has 9 heteroatoms. The first-order valence-corrected chi connectivity index (χ1v) is 10.9. The maximum absolute atomic E-state index is 13.1. The molecule has 0 unspecified atom stereocenters. The number of carbonyl (C=O) groups is 1. The number of anilines is 1. The van der Waals surface area contributed by atoms with Crippen LogP contribution < -0.4 is 15.1 Å². The summed E-state index contributed by atoms with van der Waals surface area (Å²) in [5.41, 5.74) is 1.80. The average molecular weight is 448 g/mol. The summed E-state index contributed by atoms with van der Waals surface area (Å²) >= 11 is 14.4. The lowest BCUT2D eigenvalue weighted by Crippen LogP contribution is -2.61. The van der Waals surface area contributed by atoms with Crippen LogP contribution in [-0.4, -0.2) is 22.2 Å². The Hall–Kier alpha value is -2.35. The number of rotatable bonds is 3. The van der Waals surface area contributed by atoms with Gasteiger partial charge in [-0.2, -0.15) is 0 Å². The van der Waals surface area contributed by atoms with Crippen LogP contribution in [0.1, 0.15) is 25.1 Å². The number of fused-ring (bicyclic) bond motifs is 3. The van der Waals surface area contributed by atoms with E-state index in [0.29, 0.717) is 37.7 Å². The van der Waals surface area contributed by atoms with Crippen molar-refractivity contribution in [3.63, 3.8) is 0 Å². The third-order valence-electron chi connectivity index (χ3n) is 4.78. The van der Waals surface area contributed by atoms with E-state index in [1.165, 1.54) is 11.8 Å². The fraction of sp³-hybridized carbons (Fsp3) is 0.200. The molecule has 1 amide bonds. The van der Waals surface area contributed by atoms with Crippen LogP contribution >= 0.6 is 35.0 Å². The van der Waals surface area contributed by atoms with Crippen molar-refractivity contribution in [1.82, 2.24) is 10.1 Å². The molecule has 0 spiro atoms. The summed E-state index contributed by atoms with van der Waals surface area (Å²) in [6.07, 6.45) is 1.29. The van der Waals surface area contributed by atoms with Gasteiger partial charge in [0.1, 0.15) is 0 Å². The van der Waals surface area contributed by atoms with Crippen LogP contribution in [-0.2, 0) is 4.79 Å². The van der Waals surface area contributed by atoms with Gasteiger partial charge in [-0.25, -0.2) is 4.90 Å². The number of hydrogen-bond donors (Lipinski definition) is 1. The smallest absolute Gasteiger partial charge is 0.291 e. The van der Waals surface area contributed by atoms with Crippen molar-refractivity contribution in [3.8, 4) is 11.3 Å². The van der Waals surface area contributed by atoms with Gasteiger partial charge in [-0.1, -0.05) is 60.1 Å². The SMILES string of the molecule is CCC(=O)N1c2ccccc2-c2c(=O)[nH]c(SC)n[n+]2[C@@H]1c1c(Cl)cccc1Cl. The van der Waals surface area contributed by atoms with Gasteiger partial charge in [0.05, 0.1) is 26.9 Å². The highest BCUT2D eigenvalue weighted by molar-refractivity contribution is 7.98. The second-order valence-corrected chi connectivity index (χ2v) is 8.01. The molecule has 6 nitrogen and oxygen atoms in total. The van der Waals surface area contributed by atoms with Gasteiger partial charge in [-0.05, 0) is 35.2 Å². The zero-order valence-electron chi connectivity index (χ0n) is 15.6. The lowest BCUT2D eigenvalue weighted by molar-refractivity contribution is -0.763. The largest absolute Gasteiger partial charge is 0.325 e. The second kappa shape index (κ2) is 7.82. The Balaban J connectivity index is 2.15. The summed E-state index contributed by atoms with van der Waals surface area (Å²) in [7, 11) is 0. The molecule has 3 aromatic rings. The number of halogens is 2. The molecule has 29 heavy (non-hydrogen) atoms. The summed E-state index contributed by atoms with van der Waals surface area (Å²) in [6.45, 7) is 1.79. The predicted octanol–water partition coefficient (Wildman–Crippen LogP) is 4.06. The molecule has 0 saturated carbocycles. The molecule has 0 radical (unpaired) electrons. The van der Waals surface area contributed by atoms with Gasteiger partial charge in [-0.15, -0.1) is 0 Å². The van der Waals surface area contributed by atoms with Gasteiger partial charge >= 0.3 is 11.3 Å². The molecule has 148 valence electrons. The molecule has 4 rings (SSSR count). The van der Waals surface area contributed by atoms with Crippen molar-refractivity contribution >= 4 is 46.6 Å². The number of carbonyl (C=O) groups excluding carboxylic acids is 1. The number of nitrogens with zero attached hydrogens (tertiary/aromatic N) is 3. The molecule has 1 aliphatic rings. The lowest BCUT2D eigenvalue weighted by atomic mass is 10.0. The fourth-order valence-corrected chi connectivity index (χ4v) is 4.48. The number of hydrogen-bond acceptors (Lipinski definition) is 4. The number of nitrogens with one attached hydrogen (secondary N) is 1. The summed E-state index contributed by atoms with van der Waals surface area (Å²) in [5.74, 6) is -0.135. The molecule has 0 bridgehead atoms. The zero-order chi connectivity index (χ0) is 20.7. The van der Waals surface area contributed by atoms with E-state index in [4.69, 9.17) is 23.2 Å². The van der Waals surface area contributed by atoms with Gasteiger partial charge in [0.2, 0.25) is 11.1 Å². The maximum atomic E-state index is 13.1. The first-order chi connectivity index (χ1) is 14.0. The maximum Gasteiger partial charge on any atom is 0.325 e. The highest BCUT2D eigenvalue weighted by Gasteiger charge is 2.46. The van der Waals surface area contributed by atoms with E-state index >= 15 is 0 Å². The molecular weight excluding hydrogens is 431 g/mol. The van der Waals surface area contributed by atoms with E-state index in [2.05, 4.69) is 10.1 Å². The van der Waals surface area contributed by atoms with Crippen molar-refractivity contribution < 1.29 is 9.48 Å². The predicted molar refractivity (Wildman–Crippen MR) is 115 cm³/mol. The highest BCUT2D eigenvalue weighted by Crippen LogP contribution is 2.41. The summed E-state index contributed by atoms with van der Waals surface area (Å²) in [6, 6.07) is 12.4. The van der Waals surface area contributed by atoms with Crippen LogP contribution in [0.15, 0.2) is 52.4 Å². The Bertz CT molecular complexity index is 1160. The minimum absolute atomic E-state index is 0.135. The number of aromatic amines is 1. The lowest BCUT2D eigenvalue weighted by Gasteiger charge is -2.32. The Labute approximate surface area is 181 Å². The summed E-state index contributed by atoms with van der Waals surface area (Å²) in [4.78, 5) is 30.5. The highest BCUT2D eigenvalue weighted by atomic mass is 35.5. The van der Waals surface area contributed by atoms with Crippen molar-refractivity contribution in [2.24, 2.45) is 0 Å². The number of benzene rings is 2. The minimum Gasteiger partial charge on any atom is -0.291 e. The van der Waals surface area contributed by atoms with Gasteiger partial charge in [0.15, 0.2) is 0 Å². The van der Waals surface area contributed by atoms with Crippen LogP contribution in [0.25, 0.3) is 11.3 Å². The van der Waals surface area contributed by atoms with Gasteiger partial charge in [0, 0.05) is 11.5 Å². The van der Waals surface area contributed by atoms with E-state index in [9.17, 15) is 9.59 Å². The molecule has 1 aromatic heterocycles. The molecule has 1 atom stereocenters.